The van der Waals surface area contributed by atoms with E-state index in [1.807, 2.05) is 25.5 Å². The zero-order chi connectivity index (χ0) is 28.7. The molecule has 0 aromatic carbocycles. The van der Waals surface area contributed by atoms with Gasteiger partial charge in [0, 0.05) is 31.0 Å². The first kappa shape index (κ1) is 27.0. The summed E-state index contributed by atoms with van der Waals surface area (Å²) in [5.41, 5.74) is 6.15. The molecule has 0 unspecified atom stereocenters. The summed E-state index contributed by atoms with van der Waals surface area (Å²) in [7, 11) is 1.67. The van der Waals surface area contributed by atoms with E-state index in [9.17, 15) is 9.59 Å². The van der Waals surface area contributed by atoms with Gasteiger partial charge in [0.25, 0.3) is 5.91 Å². The smallest absolute Gasteiger partial charge is 0.259 e. The van der Waals surface area contributed by atoms with Gasteiger partial charge in [0.1, 0.15) is 0 Å². The molecule has 12 heteroatoms. The number of hydrogen-bond acceptors (Lipinski definition) is 8. The molecule has 1 aliphatic heterocycles. The number of amides is 2. The lowest BCUT2D eigenvalue weighted by Crippen LogP contribution is -2.38. The number of aryl methyl sites for hydroxylation is 2. The quantitative estimate of drug-likeness (QED) is 0.321. The Bertz CT molecular complexity index is 1630. The number of nitrogens with zero attached hydrogens (tertiary/aromatic N) is 7. The molecule has 0 spiro atoms. The van der Waals surface area contributed by atoms with E-state index in [1.54, 1.807) is 36.3 Å². The van der Waals surface area contributed by atoms with Gasteiger partial charge in [0.05, 0.1) is 84.0 Å². The minimum atomic E-state index is -0.337. The largest absolute Gasteiger partial charge is 0.383 e. The van der Waals surface area contributed by atoms with Crippen LogP contribution in [0.1, 0.15) is 46.7 Å². The van der Waals surface area contributed by atoms with Crippen LogP contribution < -0.4 is 10.6 Å². The normalized spacial score (nSPS) is 18.3. The van der Waals surface area contributed by atoms with E-state index in [1.165, 1.54) is 25.5 Å². The molecule has 2 amide bonds. The van der Waals surface area contributed by atoms with Crippen molar-refractivity contribution in [3.05, 3.63) is 53.5 Å². The average molecular weight is 558 g/mol. The number of pyridine rings is 1. The Kier molecular flexibility index (Phi) is 7.26. The van der Waals surface area contributed by atoms with E-state index >= 15 is 0 Å². The standard InChI is InChI=1S/C29H35N9O3/c1-17-24(10-21(11-30-17)33-27(39)16-36-14-20-5-6-22(36)9-20)34-29(40)23-12-32-38-15-25(31-13-26(23)38)28-18(2)35-37(19(28)3)7-8-41-4/h10-13,15,20,22H,5-9,14,16H2,1-4H3,(H,33,39)(H,34,40)/t20-,22+/m0/s1. The minimum Gasteiger partial charge on any atom is -0.383 e. The zero-order valence-corrected chi connectivity index (χ0v) is 23.8. The van der Waals surface area contributed by atoms with Crippen molar-refractivity contribution in [2.24, 2.45) is 5.92 Å². The van der Waals surface area contributed by atoms with Crippen molar-refractivity contribution in [2.75, 3.05) is 37.4 Å². The van der Waals surface area contributed by atoms with Gasteiger partial charge in [-0.2, -0.15) is 10.2 Å². The first-order valence-corrected chi connectivity index (χ1v) is 14.0. The Morgan fingerprint density at radius 2 is 1.93 bits per heavy atom. The monoisotopic (exact) mass is 557 g/mol. The van der Waals surface area contributed by atoms with Crippen molar-refractivity contribution in [1.82, 2.24) is 34.3 Å². The van der Waals surface area contributed by atoms with Crippen molar-refractivity contribution in [1.29, 1.82) is 0 Å². The molecule has 4 aromatic rings. The Morgan fingerprint density at radius 1 is 1.07 bits per heavy atom. The second kappa shape index (κ2) is 11.0. The molecular formula is C29H35N9O3. The molecule has 0 radical (unpaired) electrons. The molecule has 2 bridgehead atoms. The summed E-state index contributed by atoms with van der Waals surface area (Å²) < 4.78 is 8.75. The predicted molar refractivity (Wildman–Crippen MR) is 154 cm³/mol. The second-order valence-electron chi connectivity index (χ2n) is 11.0. The molecule has 41 heavy (non-hydrogen) atoms. The van der Waals surface area contributed by atoms with E-state index in [4.69, 9.17) is 4.74 Å². The molecule has 12 nitrogen and oxygen atoms in total. The molecule has 2 fully saturated rings. The summed E-state index contributed by atoms with van der Waals surface area (Å²) in [5.74, 6) is 0.325. The van der Waals surface area contributed by atoms with E-state index in [2.05, 4.69) is 35.7 Å². The highest BCUT2D eigenvalue weighted by molar-refractivity contribution is 6.09. The van der Waals surface area contributed by atoms with Gasteiger partial charge in [-0.3, -0.25) is 29.1 Å². The number of rotatable bonds is 9. The Morgan fingerprint density at radius 3 is 2.68 bits per heavy atom. The summed E-state index contributed by atoms with van der Waals surface area (Å²) in [6, 6.07) is 2.27. The van der Waals surface area contributed by atoms with Gasteiger partial charge >= 0.3 is 0 Å². The Balaban J connectivity index is 1.16. The first-order valence-electron chi connectivity index (χ1n) is 14.0. The van der Waals surface area contributed by atoms with Crippen molar-refractivity contribution < 1.29 is 14.3 Å². The lowest BCUT2D eigenvalue weighted by atomic mass is 10.1. The van der Waals surface area contributed by atoms with E-state index in [0.717, 1.165) is 35.1 Å². The molecule has 2 N–H and O–H groups in total. The van der Waals surface area contributed by atoms with Crippen LogP contribution in [0.15, 0.2) is 30.9 Å². The van der Waals surface area contributed by atoms with E-state index in [-0.39, 0.29) is 11.8 Å². The van der Waals surface area contributed by atoms with Gasteiger partial charge in [-0.05, 0) is 52.0 Å². The second-order valence-corrected chi connectivity index (χ2v) is 11.0. The first-order chi connectivity index (χ1) is 19.8. The van der Waals surface area contributed by atoms with Crippen LogP contribution in [0.4, 0.5) is 11.4 Å². The van der Waals surface area contributed by atoms with Crippen LogP contribution in [0.2, 0.25) is 0 Å². The van der Waals surface area contributed by atoms with Crippen LogP contribution in [0.5, 0.6) is 0 Å². The molecule has 1 aliphatic carbocycles. The highest BCUT2D eigenvalue weighted by atomic mass is 16.5. The number of likely N-dealkylation sites (tertiary alicyclic amines) is 1. The van der Waals surface area contributed by atoms with Crippen LogP contribution >= 0.6 is 0 Å². The zero-order valence-electron chi connectivity index (χ0n) is 23.8. The van der Waals surface area contributed by atoms with Crippen molar-refractivity contribution in [3.63, 3.8) is 0 Å². The maximum atomic E-state index is 13.3. The van der Waals surface area contributed by atoms with Crippen molar-refractivity contribution in [2.45, 2.75) is 52.6 Å². The van der Waals surface area contributed by atoms with Crippen molar-refractivity contribution in [3.8, 4) is 11.3 Å². The van der Waals surface area contributed by atoms with Crippen molar-refractivity contribution >= 4 is 28.7 Å². The number of ether oxygens (including phenoxy) is 1. The number of carbonyl (C=O) groups excluding carboxylic acids is 2. The maximum absolute atomic E-state index is 13.3. The van der Waals surface area contributed by atoms with Gasteiger partial charge in [-0.1, -0.05) is 0 Å². The van der Waals surface area contributed by atoms with Crippen LogP contribution in [-0.2, 0) is 16.1 Å². The summed E-state index contributed by atoms with van der Waals surface area (Å²) in [6.07, 6.45) is 10.2. The fraction of sp³-hybridized carbons (Fsp3) is 0.448. The number of carbonyl (C=O) groups is 2. The average Bonchev–Trinajstić information content (AvgIpc) is 3.73. The minimum absolute atomic E-state index is 0.0697. The molecule has 214 valence electrons. The van der Waals surface area contributed by atoms with E-state index in [0.29, 0.717) is 53.9 Å². The summed E-state index contributed by atoms with van der Waals surface area (Å²) in [6.45, 7) is 8.35. The number of fused-ring (bicyclic) bond motifs is 3. The lowest BCUT2D eigenvalue weighted by molar-refractivity contribution is -0.117. The van der Waals surface area contributed by atoms with Crippen LogP contribution in [0, 0.1) is 26.7 Å². The van der Waals surface area contributed by atoms with Gasteiger partial charge < -0.3 is 15.4 Å². The maximum Gasteiger partial charge on any atom is 0.259 e. The van der Waals surface area contributed by atoms with Gasteiger partial charge in [-0.25, -0.2) is 4.52 Å². The molecule has 5 heterocycles. The number of nitrogens with one attached hydrogen (secondary N) is 2. The van der Waals surface area contributed by atoms with Gasteiger partial charge in [-0.15, -0.1) is 0 Å². The Hall–Kier alpha value is -4.16. The fourth-order valence-electron chi connectivity index (χ4n) is 6.17. The van der Waals surface area contributed by atoms with Gasteiger partial charge in [0.15, 0.2) is 0 Å². The highest BCUT2D eigenvalue weighted by Gasteiger charge is 2.38. The SMILES string of the molecule is COCCn1nc(C)c(-c2cn3ncc(C(=O)Nc4cc(NC(=O)CN5C[C@H]6CC[C@@H]5C6)cnc4C)c3cn2)c1C. The molecular weight excluding hydrogens is 522 g/mol. The van der Waals surface area contributed by atoms with Gasteiger partial charge in [0.2, 0.25) is 5.91 Å². The molecule has 2 aliphatic rings. The van der Waals surface area contributed by atoms with Crippen LogP contribution in [-0.4, -0.2) is 78.9 Å². The molecule has 6 rings (SSSR count). The third-order valence-corrected chi connectivity index (χ3v) is 8.28. The predicted octanol–water partition coefficient (Wildman–Crippen LogP) is 3.23. The van der Waals surface area contributed by atoms with Crippen LogP contribution in [0.3, 0.4) is 0 Å². The number of aromatic nitrogens is 6. The van der Waals surface area contributed by atoms with E-state index < -0.39 is 0 Å². The number of methoxy groups -OCH3 is 1. The highest BCUT2D eigenvalue weighted by Crippen LogP contribution is 2.37. The lowest BCUT2D eigenvalue weighted by Gasteiger charge is -2.25. The summed E-state index contributed by atoms with van der Waals surface area (Å²) in [5, 5.41) is 14.9. The molecule has 2 atom stereocenters. The topological polar surface area (TPSA) is 132 Å². The summed E-state index contributed by atoms with van der Waals surface area (Å²) in [4.78, 5) is 37.3. The van der Waals surface area contributed by atoms with Crippen LogP contribution in [0.25, 0.3) is 16.8 Å². The summed E-state index contributed by atoms with van der Waals surface area (Å²) >= 11 is 0. The third kappa shape index (κ3) is 5.32. The third-order valence-electron chi connectivity index (χ3n) is 8.28. The number of anilines is 2. The molecule has 4 aromatic heterocycles. The number of hydrogen-bond donors (Lipinski definition) is 2. The molecule has 1 saturated carbocycles. The Labute approximate surface area is 238 Å². The number of piperidine rings is 1. The fourth-order valence-corrected chi connectivity index (χ4v) is 6.17. The molecule has 1 saturated heterocycles.